The number of nitrogens with one attached hydrogen (secondary N) is 3. The van der Waals surface area contributed by atoms with Crippen molar-refractivity contribution >= 4 is 39.1 Å². The number of benzene rings is 2. The number of carbonyl (C=O) groups is 2. The van der Waals surface area contributed by atoms with E-state index in [2.05, 4.69) is 31.5 Å². The Labute approximate surface area is 277 Å². The van der Waals surface area contributed by atoms with E-state index in [0.29, 0.717) is 44.3 Å². The van der Waals surface area contributed by atoms with Crippen molar-refractivity contribution in [3.63, 3.8) is 0 Å². The van der Waals surface area contributed by atoms with E-state index >= 15 is 0 Å². The first-order valence-electron chi connectivity index (χ1n) is 15.0. The average molecular weight is 675 g/mol. The fourth-order valence-corrected chi connectivity index (χ4v) is 4.83. The number of amides is 2. The molecule has 3 N–H and O–H groups in total. The minimum atomic E-state index is -4.06. The molecule has 14 nitrogen and oxygen atoms in total. The molecule has 0 spiro atoms. The van der Waals surface area contributed by atoms with Crippen LogP contribution >= 0.6 is 0 Å². The van der Waals surface area contributed by atoms with Crippen LogP contribution in [-0.4, -0.2) is 98.9 Å². The van der Waals surface area contributed by atoms with E-state index < -0.39 is 33.7 Å². The summed E-state index contributed by atoms with van der Waals surface area (Å²) in [4.78, 5) is 26.1. The Balaban J connectivity index is 1.65. The summed E-state index contributed by atoms with van der Waals surface area (Å²) in [7, 11) is -0.172. The van der Waals surface area contributed by atoms with Gasteiger partial charge in [0, 0.05) is 39.3 Å². The Morgan fingerprint density at radius 2 is 1.32 bits per heavy atom. The van der Waals surface area contributed by atoms with E-state index in [-0.39, 0.29) is 31.1 Å². The van der Waals surface area contributed by atoms with Crippen LogP contribution in [0, 0.1) is 12.3 Å². The zero-order valence-electron chi connectivity index (χ0n) is 27.7. The number of alkyl carbamates (subject to hydrolysis) is 1. The fraction of sp³-hybridized carbons (Fsp3) is 0.500. The van der Waals surface area contributed by atoms with Crippen molar-refractivity contribution in [2.75, 3.05) is 71.7 Å². The number of terminal acetylenes is 1. The van der Waals surface area contributed by atoms with Crippen molar-refractivity contribution in [1.82, 2.24) is 15.4 Å². The number of sulfonamides is 1. The van der Waals surface area contributed by atoms with Gasteiger partial charge in [-0.1, -0.05) is 0 Å². The maximum atomic E-state index is 13.0. The molecule has 0 fully saturated rings. The molecule has 0 unspecified atom stereocenters. The molecule has 0 radical (unpaired) electrons. The molecule has 0 aromatic heterocycles. The van der Waals surface area contributed by atoms with Crippen molar-refractivity contribution in [2.24, 2.45) is 10.2 Å². The molecule has 15 heteroatoms. The van der Waals surface area contributed by atoms with Gasteiger partial charge >= 0.3 is 6.09 Å². The van der Waals surface area contributed by atoms with Gasteiger partial charge in [-0.05, 0) is 69.3 Å². The largest absolute Gasteiger partial charge is 0.444 e. The van der Waals surface area contributed by atoms with Gasteiger partial charge in [0.25, 0.3) is 0 Å². The minimum Gasteiger partial charge on any atom is -0.444 e. The van der Waals surface area contributed by atoms with E-state index in [1.165, 1.54) is 24.3 Å². The van der Waals surface area contributed by atoms with Crippen LogP contribution < -0.4 is 20.3 Å². The topological polar surface area (TPSA) is 169 Å². The number of azo groups is 1. The first-order chi connectivity index (χ1) is 22.3. The van der Waals surface area contributed by atoms with Crippen molar-refractivity contribution in [2.45, 2.75) is 43.7 Å². The second kappa shape index (κ2) is 20.2. The van der Waals surface area contributed by atoms with Crippen molar-refractivity contribution in [1.29, 1.82) is 0 Å². The van der Waals surface area contributed by atoms with Gasteiger partial charge in [0.05, 0.1) is 55.9 Å². The van der Waals surface area contributed by atoms with Gasteiger partial charge in [0.2, 0.25) is 15.9 Å². The third-order valence-electron chi connectivity index (χ3n) is 5.93. The highest BCUT2D eigenvalue weighted by molar-refractivity contribution is 7.89. The summed E-state index contributed by atoms with van der Waals surface area (Å²) in [5, 5.41) is 13.6. The molecule has 2 amide bonds. The molecule has 1 atom stereocenters. The van der Waals surface area contributed by atoms with Crippen LogP contribution in [-0.2, 0) is 33.8 Å². The van der Waals surface area contributed by atoms with Crippen LogP contribution in [0.3, 0.4) is 0 Å². The van der Waals surface area contributed by atoms with Crippen molar-refractivity contribution in [3.8, 4) is 12.3 Å². The Bertz CT molecular complexity index is 1420. The number of carbonyl (C=O) groups excluding carboxylic acids is 2. The smallest absolute Gasteiger partial charge is 0.407 e. The molecule has 2 aromatic rings. The maximum Gasteiger partial charge on any atom is 0.407 e. The number of hydrogen-bond donors (Lipinski definition) is 3. The molecule has 0 saturated carbocycles. The monoisotopic (exact) mass is 674 g/mol. The van der Waals surface area contributed by atoms with Crippen molar-refractivity contribution in [3.05, 3.63) is 48.5 Å². The lowest BCUT2D eigenvalue weighted by molar-refractivity contribution is -0.122. The van der Waals surface area contributed by atoms with Crippen LogP contribution in [0.4, 0.5) is 21.9 Å². The van der Waals surface area contributed by atoms with Crippen LogP contribution in [0.1, 0.15) is 27.2 Å². The molecule has 0 aliphatic rings. The number of rotatable bonds is 20. The van der Waals surface area contributed by atoms with Gasteiger partial charge in [-0.25, -0.2) is 13.2 Å². The molecule has 0 heterocycles. The van der Waals surface area contributed by atoms with Gasteiger partial charge in [0.1, 0.15) is 11.6 Å². The fourth-order valence-electron chi connectivity index (χ4n) is 3.64. The summed E-state index contributed by atoms with van der Waals surface area (Å²) in [5.74, 6) is 1.76. The van der Waals surface area contributed by atoms with Crippen LogP contribution in [0.15, 0.2) is 63.7 Å². The normalized spacial score (nSPS) is 12.3. The molecule has 0 saturated heterocycles. The van der Waals surface area contributed by atoms with Gasteiger partial charge in [-0.2, -0.15) is 15.0 Å². The SMILES string of the molecule is C#CC[C@H](NS(=O)(=O)c1ccc(/N=N/c2ccc(N(C)C)cc2)cc1)C(=O)NCCOCCOCCOCCNC(=O)OC(C)(C)C. The van der Waals surface area contributed by atoms with Gasteiger partial charge in [-0.15, -0.1) is 12.3 Å². The van der Waals surface area contributed by atoms with Crippen molar-refractivity contribution < 1.29 is 37.0 Å². The number of anilines is 1. The predicted molar refractivity (Wildman–Crippen MR) is 179 cm³/mol. The average Bonchev–Trinajstić information content (AvgIpc) is 3.01. The standard InChI is InChI=1S/C32H46N6O8S/c1-7-8-29(30(39)33-17-19-43-21-23-45-24-22-44-20-18-34-31(40)46-32(2,3)4)37-47(41,42)28-15-11-26(12-16-28)36-35-25-9-13-27(14-10-25)38(5)6/h1,9-16,29,37H,8,17-24H2,2-6H3,(H,33,39)(H,34,40)/b36-35+/t29-/m0/s1. The number of ether oxygens (including phenoxy) is 4. The Kier molecular flexibility index (Phi) is 16.8. The van der Waals surface area contributed by atoms with Crippen LogP contribution in [0.5, 0.6) is 0 Å². The number of hydrogen-bond acceptors (Lipinski definition) is 11. The molecule has 0 bridgehead atoms. The Morgan fingerprint density at radius 1 is 0.830 bits per heavy atom. The molecular formula is C32H46N6O8S. The summed E-state index contributed by atoms with van der Waals surface area (Å²) >= 11 is 0. The van der Waals surface area contributed by atoms with E-state index in [4.69, 9.17) is 25.4 Å². The van der Waals surface area contributed by atoms with Gasteiger partial charge in [-0.3, -0.25) is 4.79 Å². The summed E-state index contributed by atoms with van der Waals surface area (Å²) in [6.45, 7) is 7.63. The lowest BCUT2D eigenvalue weighted by atomic mass is 10.2. The van der Waals surface area contributed by atoms with Crippen LogP contribution in [0.2, 0.25) is 0 Å². The zero-order chi connectivity index (χ0) is 34.7. The quantitative estimate of drug-likeness (QED) is 0.108. The molecule has 2 aromatic carbocycles. The second-order valence-electron chi connectivity index (χ2n) is 11.2. The first-order valence-corrected chi connectivity index (χ1v) is 16.5. The van der Waals surface area contributed by atoms with E-state index in [0.717, 1.165) is 5.69 Å². The summed E-state index contributed by atoms with van der Waals surface area (Å²) in [5.41, 5.74) is 1.59. The third-order valence-corrected chi connectivity index (χ3v) is 7.42. The Hall–Kier alpha value is -4.07. The van der Waals surface area contributed by atoms with Gasteiger partial charge < -0.3 is 34.5 Å². The molecule has 2 rings (SSSR count). The lowest BCUT2D eigenvalue weighted by Gasteiger charge is -2.19. The lowest BCUT2D eigenvalue weighted by Crippen LogP contribution is -2.47. The highest BCUT2D eigenvalue weighted by Crippen LogP contribution is 2.22. The van der Waals surface area contributed by atoms with E-state index in [9.17, 15) is 18.0 Å². The maximum absolute atomic E-state index is 13.0. The molecule has 0 aliphatic heterocycles. The highest BCUT2D eigenvalue weighted by Gasteiger charge is 2.25. The molecule has 47 heavy (non-hydrogen) atoms. The number of nitrogens with zero attached hydrogens (tertiary/aromatic N) is 3. The van der Waals surface area contributed by atoms with E-state index in [1.54, 1.807) is 20.8 Å². The summed E-state index contributed by atoms with van der Waals surface area (Å²) in [6.07, 6.45) is 4.75. The zero-order valence-corrected chi connectivity index (χ0v) is 28.5. The van der Waals surface area contributed by atoms with Gasteiger partial charge in [0.15, 0.2) is 0 Å². The summed E-state index contributed by atoms with van der Waals surface area (Å²) in [6, 6.07) is 12.1. The molecule has 0 aliphatic carbocycles. The third kappa shape index (κ3) is 16.4. The highest BCUT2D eigenvalue weighted by atomic mass is 32.2. The second-order valence-corrected chi connectivity index (χ2v) is 13.0. The molecule has 258 valence electrons. The summed E-state index contributed by atoms with van der Waals surface area (Å²) < 4.78 is 49.6. The minimum absolute atomic E-state index is 0.0483. The van der Waals surface area contributed by atoms with E-state index in [1.807, 2.05) is 43.3 Å². The van der Waals surface area contributed by atoms with Crippen LogP contribution in [0.25, 0.3) is 0 Å². The molecular weight excluding hydrogens is 628 g/mol. The predicted octanol–water partition coefficient (Wildman–Crippen LogP) is 3.53. The first kappa shape index (κ1) is 39.1. The Morgan fingerprint density at radius 3 is 1.81 bits per heavy atom.